The largest absolute Gasteiger partial charge is 0.385 e. The van der Waals surface area contributed by atoms with Crippen LogP contribution in [-0.2, 0) is 15.6 Å². The molecular formula is C22H25Cl3N2O3S. The van der Waals surface area contributed by atoms with E-state index < -0.39 is 15.6 Å². The van der Waals surface area contributed by atoms with E-state index in [1.165, 1.54) is 4.31 Å². The van der Waals surface area contributed by atoms with Gasteiger partial charge in [-0.2, -0.15) is 4.31 Å². The first-order valence-electron chi connectivity index (χ1n) is 10.4. The maximum absolute atomic E-state index is 13.0. The number of hydrogen-bond donors (Lipinski definition) is 1. The maximum Gasteiger partial charge on any atom is 0.244 e. The molecule has 0 radical (unpaired) electrons. The smallest absolute Gasteiger partial charge is 0.244 e. The summed E-state index contributed by atoms with van der Waals surface area (Å²) in [4.78, 5) is 2.53. The second kappa shape index (κ2) is 9.18. The van der Waals surface area contributed by atoms with Gasteiger partial charge in [-0.25, -0.2) is 8.42 Å². The SMILES string of the molecule is O=S(=O)(c1ccccc1Cl)N1CCC(N2CCC(O)(c3ccc(Cl)c(Cl)c3)CC2)CC1. The summed E-state index contributed by atoms with van der Waals surface area (Å²) in [5, 5.41) is 12.3. The minimum absolute atomic E-state index is 0.166. The Balaban J connectivity index is 1.36. The fourth-order valence-corrected chi connectivity index (χ4v) is 6.84. The lowest BCUT2D eigenvalue weighted by atomic mass is 9.83. The maximum atomic E-state index is 13.0. The lowest BCUT2D eigenvalue weighted by Crippen LogP contribution is -2.51. The van der Waals surface area contributed by atoms with Crippen LogP contribution in [0.3, 0.4) is 0 Å². The monoisotopic (exact) mass is 502 g/mol. The molecule has 0 atom stereocenters. The predicted octanol–water partition coefficient (Wildman–Crippen LogP) is 4.78. The van der Waals surface area contributed by atoms with Gasteiger partial charge in [-0.1, -0.05) is 53.0 Å². The predicted molar refractivity (Wildman–Crippen MR) is 124 cm³/mol. The summed E-state index contributed by atoms with van der Waals surface area (Å²) in [6.07, 6.45) is 2.72. The van der Waals surface area contributed by atoms with Crippen LogP contribution < -0.4 is 0 Å². The number of hydrogen-bond acceptors (Lipinski definition) is 4. The van der Waals surface area contributed by atoms with E-state index in [-0.39, 0.29) is 9.92 Å². The van der Waals surface area contributed by atoms with E-state index >= 15 is 0 Å². The average Bonchev–Trinajstić information content (AvgIpc) is 2.76. The summed E-state index contributed by atoms with van der Waals surface area (Å²) in [7, 11) is -3.59. The summed E-state index contributed by atoms with van der Waals surface area (Å²) >= 11 is 18.3. The summed E-state index contributed by atoms with van der Waals surface area (Å²) in [6, 6.07) is 12.2. The molecule has 0 aliphatic carbocycles. The van der Waals surface area contributed by atoms with Gasteiger partial charge in [0.25, 0.3) is 0 Å². The second-order valence-corrected chi connectivity index (χ2v) is 11.4. The Morgan fingerprint density at radius 2 is 1.52 bits per heavy atom. The molecule has 168 valence electrons. The summed E-state index contributed by atoms with van der Waals surface area (Å²) in [5.74, 6) is 0. The third kappa shape index (κ3) is 4.76. The van der Waals surface area contributed by atoms with Crippen molar-refractivity contribution in [1.82, 2.24) is 9.21 Å². The van der Waals surface area contributed by atoms with Gasteiger partial charge in [-0.05, 0) is 55.5 Å². The van der Waals surface area contributed by atoms with Gasteiger partial charge in [0.2, 0.25) is 10.0 Å². The lowest BCUT2D eigenvalue weighted by Gasteiger charge is -2.44. The first-order chi connectivity index (χ1) is 14.7. The molecule has 0 aromatic heterocycles. The Kier molecular flexibility index (Phi) is 6.90. The molecule has 2 saturated heterocycles. The highest BCUT2D eigenvalue weighted by atomic mass is 35.5. The molecule has 2 aromatic rings. The van der Waals surface area contributed by atoms with Crippen LogP contribution in [0.5, 0.6) is 0 Å². The Morgan fingerprint density at radius 3 is 2.13 bits per heavy atom. The standard InChI is InChI=1S/C22H25Cl3N2O3S/c23-18-6-5-16(15-20(18)25)22(28)9-13-26(14-10-22)17-7-11-27(12-8-17)31(29,30)21-4-2-1-3-19(21)24/h1-6,15,17,28H,7-14H2. The Bertz CT molecular complexity index is 1050. The molecule has 5 nitrogen and oxygen atoms in total. The molecule has 2 fully saturated rings. The lowest BCUT2D eigenvalue weighted by molar-refractivity contribution is -0.0400. The van der Waals surface area contributed by atoms with Crippen molar-refractivity contribution in [2.75, 3.05) is 26.2 Å². The first-order valence-corrected chi connectivity index (χ1v) is 12.9. The zero-order chi connectivity index (χ0) is 22.2. The van der Waals surface area contributed by atoms with Crippen molar-refractivity contribution in [2.45, 2.75) is 42.2 Å². The first kappa shape index (κ1) is 23.3. The zero-order valence-corrected chi connectivity index (χ0v) is 20.1. The number of sulfonamides is 1. The number of piperidine rings is 2. The molecular weight excluding hydrogens is 479 g/mol. The molecule has 2 heterocycles. The topological polar surface area (TPSA) is 60.9 Å². The van der Waals surface area contributed by atoms with Crippen molar-refractivity contribution < 1.29 is 13.5 Å². The summed E-state index contributed by atoms with van der Waals surface area (Å²) in [6.45, 7) is 2.43. The third-order valence-electron chi connectivity index (χ3n) is 6.48. The van der Waals surface area contributed by atoms with Gasteiger partial charge in [0.05, 0.1) is 20.7 Å². The molecule has 0 saturated carbocycles. The van der Waals surface area contributed by atoms with E-state index in [0.717, 1.165) is 31.5 Å². The normalized spacial score (nSPS) is 21.3. The number of aliphatic hydroxyl groups is 1. The van der Waals surface area contributed by atoms with Crippen LogP contribution in [0.15, 0.2) is 47.4 Å². The van der Waals surface area contributed by atoms with Crippen molar-refractivity contribution in [3.05, 3.63) is 63.1 Å². The van der Waals surface area contributed by atoms with Crippen LogP contribution >= 0.6 is 34.8 Å². The Hall–Kier alpha value is -0.860. The van der Waals surface area contributed by atoms with E-state index in [1.54, 1.807) is 36.4 Å². The van der Waals surface area contributed by atoms with Gasteiger partial charge >= 0.3 is 0 Å². The summed E-state index contributed by atoms with van der Waals surface area (Å²) in [5.41, 5.74) is -0.124. The molecule has 2 aliphatic heterocycles. The summed E-state index contributed by atoms with van der Waals surface area (Å²) < 4.78 is 27.4. The average molecular weight is 504 g/mol. The quantitative estimate of drug-likeness (QED) is 0.652. The molecule has 4 rings (SSSR count). The molecule has 1 N–H and O–H groups in total. The Labute approximate surface area is 198 Å². The van der Waals surface area contributed by atoms with Crippen LogP contribution in [-0.4, -0.2) is 55.0 Å². The fraction of sp³-hybridized carbons (Fsp3) is 0.455. The van der Waals surface area contributed by atoms with Gasteiger partial charge in [0, 0.05) is 32.2 Å². The van der Waals surface area contributed by atoms with E-state index in [9.17, 15) is 13.5 Å². The Morgan fingerprint density at radius 1 is 0.871 bits per heavy atom. The van der Waals surface area contributed by atoms with Gasteiger partial charge in [-0.15, -0.1) is 0 Å². The van der Waals surface area contributed by atoms with Crippen LogP contribution in [0, 0.1) is 0 Å². The molecule has 0 spiro atoms. The zero-order valence-electron chi connectivity index (χ0n) is 17.0. The highest BCUT2D eigenvalue weighted by molar-refractivity contribution is 7.89. The van der Waals surface area contributed by atoms with Crippen LogP contribution in [0.25, 0.3) is 0 Å². The van der Waals surface area contributed by atoms with Gasteiger partial charge in [0.1, 0.15) is 4.90 Å². The van der Waals surface area contributed by atoms with Crippen molar-refractivity contribution in [3.63, 3.8) is 0 Å². The fourth-order valence-electron chi connectivity index (χ4n) is 4.57. The number of halogens is 3. The van der Waals surface area contributed by atoms with Gasteiger partial charge in [-0.3, -0.25) is 0 Å². The number of rotatable bonds is 4. The van der Waals surface area contributed by atoms with Gasteiger partial charge < -0.3 is 10.0 Å². The molecule has 2 aliphatic rings. The highest BCUT2D eigenvalue weighted by Gasteiger charge is 2.38. The van der Waals surface area contributed by atoms with Crippen LogP contribution in [0.4, 0.5) is 0 Å². The molecule has 9 heteroatoms. The molecule has 0 unspecified atom stereocenters. The van der Waals surface area contributed by atoms with Crippen LogP contribution in [0.2, 0.25) is 15.1 Å². The minimum atomic E-state index is -3.59. The van der Waals surface area contributed by atoms with Gasteiger partial charge in [0.15, 0.2) is 0 Å². The number of benzene rings is 2. The molecule has 31 heavy (non-hydrogen) atoms. The molecule has 0 amide bonds. The van der Waals surface area contributed by atoms with Crippen molar-refractivity contribution in [2.24, 2.45) is 0 Å². The van der Waals surface area contributed by atoms with E-state index in [4.69, 9.17) is 34.8 Å². The van der Waals surface area contributed by atoms with Crippen LogP contribution in [0.1, 0.15) is 31.2 Å². The van der Waals surface area contributed by atoms with E-state index in [2.05, 4.69) is 4.90 Å². The van der Waals surface area contributed by atoms with Crippen molar-refractivity contribution in [3.8, 4) is 0 Å². The number of nitrogens with zero attached hydrogens (tertiary/aromatic N) is 2. The van der Waals surface area contributed by atoms with Crippen molar-refractivity contribution in [1.29, 1.82) is 0 Å². The van der Waals surface area contributed by atoms with Crippen molar-refractivity contribution >= 4 is 44.8 Å². The molecule has 2 aromatic carbocycles. The van der Waals surface area contributed by atoms with E-state index in [1.807, 2.05) is 6.07 Å². The third-order valence-corrected chi connectivity index (χ3v) is 9.61. The highest BCUT2D eigenvalue weighted by Crippen LogP contribution is 2.37. The van der Waals surface area contributed by atoms with E-state index in [0.29, 0.717) is 42.0 Å². The second-order valence-electron chi connectivity index (χ2n) is 8.26. The number of likely N-dealkylation sites (tertiary alicyclic amines) is 1. The molecule has 0 bridgehead atoms. The minimum Gasteiger partial charge on any atom is -0.385 e.